The first-order chi connectivity index (χ1) is 14.5. The largest absolute Gasteiger partial charge is 0.478 e. The number of carboxylic acids is 1. The summed E-state index contributed by atoms with van der Waals surface area (Å²) in [7, 11) is 0. The lowest BCUT2D eigenvalue weighted by molar-refractivity contribution is -0.0183. The van der Waals surface area contributed by atoms with Gasteiger partial charge >= 0.3 is 5.97 Å². The summed E-state index contributed by atoms with van der Waals surface area (Å²) in [6.45, 7) is 7.08. The molecule has 2 unspecified atom stereocenters. The van der Waals surface area contributed by atoms with Gasteiger partial charge in [0.1, 0.15) is 11.5 Å². The van der Waals surface area contributed by atoms with Crippen LogP contribution in [-0.4, -0.2) is 28.8 Å². The van der Waals surface area contributed by atoms with E-state index < -0.39 is 5.97 Å². The Morgan fingerprint density at radius 3 is 2.90 bits per heavy atom. The minimum atomic E-state index is -0.901. The van der Waals surface area contributed by atoms with Gasteiger partial charge in [-0.1, -0.05) is 30.7 Å². The minimum absolute atomic E-state index is 0.129. The first-order valence-electron chi connectivity index (χ1n) is 10.6. The maximum Gasteiger partial charge on any atom is 0.336 e. The van der Waals surface area contributed by atoms with Gasteiger partial charge < -0.3 is 19.0 Å². The molecule has 0 bridgehead atoms. The van der Waals surface area contributed by atoms with Crippen LogP contribution in [0.1, 0.15) is 71.4 Å². The fraction of sp³-hybridized carbons (Fsp3) is 0.500. The van der Waals surface area contributed by atoms with Crippen LogP contribution in [0.2, 0.25) is 0 Å². The molecular weight excluding hydrogens is 382 g/mol. The van der Waals surface area contributed by atoms with Gasteiger partial charge in [-0.3, -0.25) is 0 Å². The second-order valence-corrected chi connectivity index (χ2v) is 7.95. The number of aromatic carboxylic acids is 1. The van der Waals surface area contributed by atoms with Crippen LogP contribution in [0.5, 0.6) is 0 Å². The third-order valence-electron chi connectivity index (χ3n) is 5.59. The van der Waals surface area contributed by atoms with Gasteiger partial charge in [0.15, 0.2) is 0 Å². The molecule has 0 aliphatic heterocycles. The highest BCUT2D eigenvalue weighted by atomic mass is 16.5. The summed E-state index contributed by atoms with van der Waals surface area (Å²) in [5, 5.41) is 9.48. The Kier molecular flexibility index (Phi) is 7.82. The van der Waals surface area contributed by atoms with Crippen LogP contribution in [0.4, 0.5) is 0 Å². The van der Waals surface area contributed by atoms with E-state index in [1.54, 1.807) is 0 Å². The summed E-state index contributed by atoms with van der Waals surface area (Å²) in [6.07, 6.45) is 8.00. The second kappa shape index (κ2) is 10.5. The van der Waals surface area contributed by atoms with E-state index >= 15 is 0 Å². The highest BCUT2D eigenvalue weighted by Crippen LogP contribution is 2.28. The number of aryl methyl sites for hydroxylation is 2. The van der Waals surface area contributed by atoms with Gasteiger partial charge in [-0.15, -0.1) is 0 Å². The molecule has 2 aromatic rings. The number of oxazole rings is 1. The molecule has 1 aliphatic carbocycles. The predicted octanol–water partition coefficient (Wildman–Crippen LogP) is 5.31. The zero-order valence-electron chi connectivity index (χ0n) is 18.0. The molecule has 3 rings (SSSR count). The molecule has 0 radical (unpaired) electrons. The lowest BCUT2D eigenvalue weighted by Crippen LogP contribution is -2.26. The van der Waals surface area contributed by atoms with Gasteiger partial charge in [-0.05, 0) is 63.2 Å². The zero-order valence-corrected chi connectivity index (χ0v) is 18.0. The number of carbonyl (C=O) groups is 1. The van der Waals surface area contributed by atoms with Crippen LogP contribution in [0.3, 0.4) is 0 Å². The van der Waals surface area contributed by atoms with E-state index in [0.717, 1.165) is 48.3 Å². The van der Waals surface area contributed by atoms with Crippen LogP contribution in [0.15, 0.2) is 28.7 Å². The molecule has 1 N–H and O–H groups in total. The quantitative estimate of drug-likeness (QED) is 0.599. The van der Waals surface area contributed by atoms with Crippen molar-refractivity contribution in [3.8, 4) is 0 Å². The lowest BCUT2D eigenvalue weighted by atomic mass is 9.87. The summed E-state index contributed by atoms with van der Waals surface area (Å²) in [5.74, 6) is 0.932. The third kappa shape index (κ3) is 5.80. The van der Waals surface area contributed by atoms with Crippen LogP contribution >= 0.6 is 0 Å². The Bertz CT molecular complexity index is 886. The topological polar surface area (TPSA) is 81.8 Å². The smallest absolute Gasteiger partial charge is 0.336 e. The molecule has 6 heteroatoms. The number of ether oxygens (including phenoxy) is 2. The number of carboxylic acid groups (broad SMARTS) is 1. The lowest BCUT2D eigenvalue weighted by Gasteiger charge is -2.29. The second-order valence-electron chi connectivity index (χ2n) is 7.95. The molecule has 1 heterocycles. The Labute approximate surface area is 177 Å². The van der Waals surface area contributed by atoms with Crippen molar-refractivity contribution in [3.05, 3.63) is 58.3 Å². The standard InChI is InChI=1S/C24H31NO5/c1-4-7-22-25-21(17(3)30-22)15-28-13-18-9-6-11-20(12-18)29-14-19-10-5-8-16(2)23(19)24(26)27/h4-5,7-8,10,18,20H,6,9,11-15H2,1-3H3,(H,26,27)/b7-4+. The van der Waals surface area contributed by atoms with Gasteiger partial charge in [0.2, 0.25) is 5.89 Å². The molecule has 0 spiro atoms. The number of allylic oxidation sites excluding steroid dienone is 1. The van der Waals surface area contributed by atoms with E-state index in [2.05, 4.69) is 4.98 Å². The molecule has 1 aliphatic rings. The number of hydrogen-bond donors (Lipinski definition) is 1. The van der Waals surface area contributed by atoms with Gasteiger partial charge in [0.25, 0.3) is 0 Å². The summed E-state index contributed by atoms with van der Waals surface area (Å²) >= 11 is 0. The van der Waals surface area contributed by atoms with Gasteiger partial charge in [0.05, 0.1) is 31.5 Å². The van der Waals surface area contributed by atoms with Gasteiger partial charge in [-0.2, -0.15) is 0 Å². The van der Waals surface area contributed by atoms with Crippen LogP contribution in [-0.2, 0) is 22.7 Å². The molecular formula is C24H31NO5. The molecule has 0 amide bonds. The number of aromatic nitrogens is 1. The summed E-state index contributed by atoms with van der Waals surface area (Å²) in [5.41, 5.74) is 2.69. The average molecular weight is 414 g/mol. The summed E-state index contributed by atoms with van der Waals surface area (Å²) < 4.78 is 17.6. The van der Waals surface area contributed by atoms with Crippen molar-refractivity contribution < 1.29 is 23.8 Å². The number of rotatable bonds is 9. The third-order valence-corrected chi connectivity index (χ3v) is 5.59. The van der Waals surface area contributed by atoms with Crippen molar-refractivity contribution in [2.75, 3.05) is 6.61 Å². The van der Waals surface area contributed by atoms with Crippen molar-refractivity contribution in [2.24, 2.45) is 5.92 Å². The van der Waals surface area contributed by atoms with E-state index in [4.69, 9.17) is 13.9 Å². The predicted molar refractivity (Wildman–Crippen MR) is 114 cm³/mol. The molecule has 6 nitrogen and oxygen atoms in total. The molecule has 0 saturated heterocycles. The van der Waals surface area contributed by atoms with Gasteiger partial charge in [0, 0.05) is 0 Å². The molecule has 2 atom stereocenters. The fourth-order valence-electron chi connectivity index (χ4n) is 4.03. The van der Waals surface area contributed by atoms with E-state index in [9.17, 15) is 9.90 Å². The Hall–Kier alpha value is -2.44. The molecule has 162 valence electrons. The van der Waals surface area contributed by atoms with Crippen LogP contribution in [0, 0.1) is 19.8 Å². The highest BCUT2D eigenvalue weighted by molar-refractivity contribution is 5.91. The van der Waals surface area contributed by atoms with Crippen molar-refractivity contribution in [3.63, 3.8) is 0 Å². The van der Waals surface area contributed by atoms with E-state index in [0.29, 0.717) is 37.2 Å². The summed E-state index contributed by atoms with van der Waals surface area (Å²) in [6, 6.07) is 5.53. The maximum atomic E-state index is 11.6. The zero-order chi connectivity index (χ0) is 21.5. The SMILES string of the molecule is C/C=C/c1nc(COCC2CCCC(OCc3cccc(C)c3C(=O)O)C2)c(C)o1. The van der Waals surface area contributed by atoms with E-state index in [-0.39, 0.29) is 6.10 Å². The number of nitrogens with zero attached hydrogens (tertiary/aromatic N) is 1. The van der Waals surface area contributed by atoms with Crippen LogP contribution < -0.4 is 0 Å². The normalized spacial score (nSPS) is 19.4. The fourth-order valence-corrected chi connectivity index (χ4v) is 4.03. The molecule has 1 aromatic carbocycles. The molecule has 1 saturated carbocycles. The van der Waals surface area contributed by atoms with Gasteiger partial charge in [-0.25, -0.2) is 9.78 Å². The van der Waals surface area contributed by atoms with Crippen molar-refractivity contribution in [1.82, 2.24) is 4.98 Å². The minimum Gasteiger partial charge on any atom is -0.478 e. The summed E-state index contributed by atoms with van der Waals surface area (Å²) in [4.78, 5) is 16.0. The van der Waals surface area contributed by atoms with Crippen molar-refractivity contribution in [1.29, 1.82) is 0 Å². The molecule has 1 aromatic heterocycles. The molecule has 30 heavy (non-hydrogen) atoms. The monoisotopic (exact) mass is 413 g/mol. The number of benzene rings is 1. The Balaban J connectivity index is 1.48. The number of hydrogen-bond acceptors (Lipinski definition) is 5. The van der Waals surface area contributed by atoms with Crippen molar-refractivity contribution >= 4 is 12.0 Å². The van der Waals surface area contributed by atoms with E-state index in [1.807, 2.05) is 51.1 Å². The Morgan fingerprint density at radius 2 is 2.13 bits per heavy atom. The molecule has 1 fully saturated rings. The maximum absolute atomic E-state index is 11.6. The van der Waals surface area contributed by atoms with Crippen LogP contribution in [0.25, 0.3) is 6.08 Å². The first kappa shape index (κ1) is 22.2. The van der Waals surface area contributed by atoms with E-state index in [1.165, 1.54) is 0 Å². The van der Waals surface area contributed by atoms with Crippen molar-refractivity contribution in [2.45, 2.75) is 65.8 Å². The first-order valence-corrected chi connectivity index (χ1v) is 10.6. The average Bonchev–Trinajstić information content (AvgIpc) is 3.06. The highest BCUT2D eigenvalue weighted by Gasteiger charge is 2.24. The Morgan fingerprint density at radius 1 is 1.30 bits per heavy atom.